The van der Waals surface area contributed by atoms with E-state index in [0.29, 0.717) is 11.3 Å². The summed E-state index contributed by atoms with van der Waals surface area (Å²) in [6.45, 7) is 0. The molecule has 0 aliphatic heterocycles. The number of hydrogen-bond acceptors (Lipinski definition) is 4. The van der Waals surface area contributed by atoms with E-state index in [2.05, 4.69) is 0 Å². The number of nitrogens with two attached hydrogens (primary N) is 1. The van der Waals surface area contributed by atoms with Gasteiger partial charge in [-0.15, -0.1) is 0 Å². The molecule has 6 heteroatoms. The Kier molecular flexibility index (Phi) is 4.99. The molecule has 0 saturated carbocycles. The normalized spacial score (nSPS) is 12.1. The first-order chi connectivity index (χ1) is 8.02. The molecule has 0 aromatic heterocycles. The smallest absolute Gasteiger partial charge is 0.335 e. The van der Waals surface area contributed by atoms with E-state index in [9.17, 15) is 9.59 Å². The van der Waals surface area contributed by atoms with E-state index in [4.69, 9.17) is 15.9 Å². The maximum atomic E-state index is 10.9. The molecule has 1 aromatic rings. The molecule has 1 atom stereocenters. The standard InChI is InChI=1S/C11H13NO4S/c12-9(11(15)16)6-17-5-7-3-1-2-4-8(7)10(13)14/h1-4,9H,5-6,12H2,(H,13,14)(H,15,16). The fourth-order valence-corrected chi connectivity index (χ4v) is 2.21. The van der Waals surface area contributed by atoms with Gasteiger partial charge in [0, 0.05) is 11.5 Å². The lowest BCUT2D eigenvalue weighted by molar-refractivity contribution is -0.137. The topological polar surface area (TPSA) is 101 Å². The van der Waals surface area contributed by atoms with E-state index >= 15 is 0 Å². The summed E-state index contributed by atoms with van der Waals surface area (Å²) in [6.07, 6.45) is 0. The molecule has 0 heterocycles. The second kappa shape index (κ2) is 6.27. The zero-order chi connectivity index (χ0) is 12.8. The molecule has 0 saturated heterocycles. The molecule has 17 heavy (non-hydrogen) atoms. The molecule has 1 aromatic carbocycles. The van der Waals surface area contributed by atoms with Gasteiger partial charge in [-0.1, -0.05) is 18.2 Å². The van der Waals surface area contributed by atoms with E-state index in [1.54, 1.807) is 18.2 Å². The minimum absolute atomic E-state index is 0.240. The van der Waals surface area contributed by atoms with E-state index < -0.39 is 18.0 Å². The summed E-state index contributed by atoms with van der Waals surface area (Å²) in [6, 6.07) is 5.72. The molecule has 1 unspecified atom stereocenters. The second-order valence-electron chi connectivity index (χ2n) is 3.42. The largest absolute Gasteiger partial charge is 0.480 e. The van der Waals surface area contributed by atoms with Crippen LogP contribution >= 0.6 is 11.8 Å². The Morgan fingerprint density at radius 3 is 2.53 bits per heavy atom. The number of aliphatic carboxylic acids is 1. The van der Waals surface area contributed by atoms with Gasteiger partial charge < -0.3 is 15.9 Å². The van der Waals surface area contributed by atoms with Gasteiger partial charge in [-0.3, -0.25) is 4.79 Å². The van der Waals surface area contributed by atoms with Gasteiger partial charge in [0.15, 0.2) is 0 Å². The highest BCUT2D eigenvalue weighted by Crippen LogP contribution is 2.17. The van der Waals surface area contributed by atoms with Gasteiger partial charge >= 0.3 is 11.9 Å². The van der Waals surface area contributed by atoms with E-state index in [1.165, 1.54) is 17.8 Å². The van der Waals surface area contributed by atoms with E-state index in [1.807, 2.05) is 0 Å². The van der Waals surface area contributed by atoms with Crippen LogP contribution in [0.3, 0.4) is 0 Å². The number of carboxylic acid groups (broad SMARTS) is 2. The molecule has 0 bridgehead atoms. The van der Waals surface area contributed by atoms with Crippen LogP contribution < -0.4 is 5.73 Å². The summed E-state index contributed by atoms with van der Waals surface area (Å²) in [4.78, 5) is 21.4. The molecule has 0 aliphatic rings. The molecular formula is C11H13NO4S. The lowest BCUT2D eigenvalue weighted by Crippen LogP contribution is -2.32. The number of rotatable bonds is 6. The highest BCUT2D eigenvalue weighted by Gasteiger charge is 2.13. The maximum Gasteiger partial charge on any atom is 0.335 e. The lowest BCUT2D eigenvalue weighted by atomic mass is 10.1. The number of thioether (sulfide) groups is 1. The Morgan fingerprint density at radius 2 is 1.94 bits per heavy atom. The molecule has 0 aliphatic carbocycles. The first-order valence-electron chi connectivity index (χ1n) is 4.89. The summed E-state index contributed by atoms with van der Waals surface area (Å²) in [5, 5.41) is 17.5. The molecule has 1 rings (SSSR count). The van der Waals surface area contributed by atoms with Crippen LogP contribution in [0.5, 0.6) is 0 Å². The molecule has 92 valence electrons. The van der Waals surface area contributed by atoms with Crippen LogP contribution in [0.15, 0.2) is 24.3 Å². The van der Waals surface area contributed by atoms with Crippen LogP contribution in [0, 0.1) is 0 Å². The van der Waals surface area contributed by atoms with Crippen molar-refractivity contribution in [2.45, 2.75) is 11.8 Å². The number of carboxylic acids is 2. The Morgan fingerprint density at radius 1 is 1.29 bits per heavy atom. The quantitative estimate of drug-likeness (QED) is 0.702. The van der Waals surface area contributed by atoms with Crippen molar-refractivity contribution in [2.75, 3.05) is 5.75 Å². The fourth-order valence-electron chi connectivity index (χ4n) is 1.22. The highest BCUT2D eigenvalue weighted by molar-refractivity contribution is 7.98. The summed E-state index contributed by atoms with van der Waals surface area (Å²) >= 11 is 1.31. The van der Waals surface area contributed by atoms with E-state index in [-0.39, 0.29) is 11.3 Å². The summed E-state index contributed by atoms with van der Waals surface area (Å²) in [7, 11) is 0. The third-order valence-electron chi connectivity index (χ3n) is 2.12. The molecule has 4 N–H and O–H groups in total. The number of hydrogen-bond donors (Lipinski definition) is 3. The number of aromatic carboxylic acids is 1. The Hall–Kier alpha value is -1.53. The maximum absolute atomic E-state index is 10.9. The zero-order valence-electron chi connectivity index (χ0n) is 9.00. The minimum Gasteiger partial charge on any atom is -0.480 e. The predicted octanol–water partition coefficient (Wildman–Crippen LogP) is 1.03. The van der Waals surface area contributed by atoms with Crippen molar-refractivity contribution in [1.29, 1.82) is 0 Å². The molecular weight excluding hydrogens is 242 g/mol. The van der Waals surface area contributed by atoms with Crippen molar-refractivity contribution in [2.24, 2.45) is 5.73 Å². The highest BCUT2D eigenvalue weighted by atomic mass is 32.2. The summed E-state index contributed by atoms with van der Waals surface area (Å²) in [5.74, 6) is -1.35. The van der Waals surface area contributed by atoms with Crippen LogP contribution in [-0.2, 0) is 10.5 Å². The molecule has 0 radical (unpaired) electrons. The van der Waals surface area contributed by atoms with Gasteiger partial charge in [-0.25, -0.2) is 4.79 Å². The molecule has 5 nitrogen and oxygen atoms in total. The van der Waals surface area contributed by atoms with Crippen molar-refractivity contribution in [1.82, 2.24) is 0 Å². The van der Waals surface area contributed by atoms with Crippen molar-refractivity contribution in [3.63, 3.8) is 0 Å². The zero-order valence-corrected chi connectivity index (χ0v) is 9.81. The van der Waals surface area contributed by atoms with Gasteiger partial charge in [0.25, 0.3) is 0 Å². The van der Waals surface area contributed by atoms with Gasteiger partial charge in [-0.05, 0) is 11.6 Å². The van der Waals surface area contributed by atoms with Crippen LogP contribution in [0.4, 0.5) is 0 Å². The van der Waals surface area contributed by atoms with Crippen LogP contribution in [0.25, 0.3) is 0 Å². The van der Waals surface area contributed by atoms with Crippen LogP contribution in [0.2, 0.25) is 0 Å². The Bertz CT molecular complexity index is 422. The fraction of sp³-hybridized carbons (Fsp3) is 0.273. The third kappa shape index (κ3) is 4.08. The van der Waals surface area contributed by atoms with Crippen LogP contribution in [0.1, 0.15) is 15.9 Å². The van der Waals surface area contributed by atoms with Crippen molar-refractivity contribution < 1.29 is 19.8 Å². The Labute approximate surface area is 103 Å². The lowest BCUT2D eigenvalue weighted by Gasteiger charge is -2.07. The SMILES string of the molecule is NC(CSCc1ccccc1C(=O)O)C(=O)O. The van der Waals surface area contributed by atoms with Crippen molar-refractivity contribution in [3.8, 4) is 0 Å². The van der Waals surface area contributed by atoms with Crippen LogP contribution in [-0.4, -0.2) is 33.9 Å². The monoisotopic (exact) mass is 255 g/mol. The van der Waals surface area contributed by atoms with E-state index in [0.717, 1.165) is 0 Å². The summed E-state index contributed by atoms with van der Waals surface area (Å²) in [5.41, 5.74) is 6.25. The van der Waals surface area contributed by atoms with Gasteiger partial charge in [0.1, 0.15) is 6.04 Å². The molecule has 0 amide bonds. The summed E-state index contributed by atoms with van der Waals surface area (Å²) < 4.78 is 0. The molecule has 0 spiro atoms. The number of benzene rings is 1. The van der Waals surface area contributed by atoms with Crippen molar-refractivity contribution >= 4 is 23.7 Å². The van der Waals surface area contributed by atoms with Crippen molar-refractivity contribution in [3.05, 3.63) is 35.4 Å². The second-order valence-corrected chi connectivity index (χ2v) is 4.45. The van der Waals surface area contributed by atoms with Gasteiger partial charge in [0.2, 0.25) is 0 Å². The first-order valence-corrected chi connectivity index (χ1v) is 6.05. The van der Waals surface area contributed by atoms with Gasteiger partial charge in [0.05, 0.1) is 5.56 Å². The average Bonchev–Trinajstić information content (AvgIpc) is 2.29. The number of carbonyl (C=O) groups is 2. The Balaban J connectivity index is 2.58. The third-order valence-corrected chi connectivity index (χ3v) is 3.23. The minimum atomic E-state index is -1.05. The van der Waals surface area contributed by atoms with Gasteiger partial charge in [-0.2, -0.15) is 11.8 Å². The average molecular weight is 255 g/mol. The molecule has 0 fully saturated rings. The first kappa shape index (κ1) is 13.5. The predicted molar refractivity (Wildman–Crippen MR) is 65.2 cm³/mol.